The SMILES string of the molecule is CC(=O)Nc1cccc2c1C=CCC2. The molecule has 2 nitrogen and oxygen atoms in total. The molecule has 1 amide bonds. The average Bonchev–Trinajstić information content (AvgIpc) is 2.18. The van der Waals surface area contributed by atoms with Gasteiger partial charge in [0.1, 0.15) is 0 Å². The number of amides is 1. The third-order valence-corrected chi connectivity index (χ3v) is 2.37. The Morgan fingerprint density at radius 2 is 2.29 bits per heavy atom. The number of rotatable bonds is 1. The largest absolute Gasteiger partial charge is 0.326 e. The quantitative estimate of drug-likeness (QED) is 0.719. The van der Waals surface area contributed by atoms with Gasteiger partial charge in [-0.25, -0.2) is 0 Å². The van der Waals surface area contributed by atoms with E-state index in [4.69, 9.17) is 0 Å². The molecule has 0 aliphatic heterocycles. The first kappa shape index (κ1) is 9.00. The highest BCUT2D eigenvalue weighted by molar-refractivity contribution is 5.91. The fraction of sp³-hybridized carbons (Fsp3) is 0.250. The molecule has 2 rings (SSSR count). The van der Waals surface area contributed by atoms with Gasteiger partial charge in [-0.15, -0.1) is 0 Å². The zero-order valence-corrected chi connectivity index (χ0v) is 8.21. The molecular formula is C12H13NO. The summed E-state index contributed by atoms with van der Waals surface area (Å²) in [7, 11) is 0. The van der Waals surface area contributed by atoms with Gasteiger partial charge in [0.05, 0.1) is 0 Å². The number of benzene rings is 1. The minimum absolute atomic E-state index is 0.0163. The predicted molar refractivity (Wildman–Crippen MR) is 58.1 cm³/mol. The van der Waals surface area contributed by atoms with Gasteiger partial charge in [0, 0.05) is 18.2 Å². The topological polar surface area (TPSA) is 29.1 Å². The first-order valence-corrected chi connectivity index (χ1v) is 4.83. The van der Waals surface area contributed by atoms with Crippen molar-refractivity contribution in [1.82, 2.24) is 0 Å². The third-order valence-electron chi connectivity index (χ3n) is 2.37. The van der Waals surface area contributed by atoms with Crippen molar-refractivity contribution >= 4 is 17.7 Å². The van der Waals surface area contributed by atoms with Gasteiger partial charge in [-0.1, -0.05) is 24.3 Å². The van der Waals surface area contributed by atoms with Crippen LogP contribution in [0.1, 0.15) is 24.5 Å². The fourth-order valence-electron chi connectivity index (χ4n) is 1.77. The molecule has 0 saturated carbocycles. The lowest BCUT2D eigenvalue weighted by atomic mass is 9.96. The van der Waals surface area contributed by atoms with Crippen LogP contribution in [0.4, 0.5) is 5.69 Å². The second-order valence-corrected chi connectivity index (χ2v) is 3.50. The van der Waals surface area contributed by atoms with Crippen LogP contribution in [0.2, 0.25) is 0 Å². The number of nitrogens with one attached hydrogen (secondary N) is 1. The number of hydrogen-bond donors (Lipinski definition) is 1. The molecule has 2 heteroatoms. The number of fused-ring (bicyclic) bond motifs is 1. The van der Waals surface area contributed by atoms with Crippen molar-refractivity contribution in [2.45, 2.75) is 19.8 Å². The summed E-state index contributed by atoms with van der Waals surface area (Å²) in [4.78, 5) is 11.0. The lowest BCUT2D eigenvalue weighted by molar-refractivity contribution is -0.114. The molecule has 0 spiro atoms. The Kier molecular flexibility index (Phi) is 2.35. The van der Waals surface area contributed by atoms with Gasteiger partial charge < -0.3 is 5.32 Å². The van der Waals surface area contributed by atoms with Crippen LogP contribution in [-0.2, 0) is 11.2 Å². The molecule has 1 aliphatic carbocycles. The maximum Gasteiger partial charge on any atom is 0.221 e. The van der Waals surface area contributed by atoms with Gasteiger partial charge in [-0.2, -0.15) is 0 Å². The highest BCUT2D eigenvalue weighted by Gasteiger charge is 2.08. The van der Waals surface area contributed by atoms with E-state index in [0.717, 1.165) is 24.1 Å². The average molecular weight is 187 g/mol. The maximum atomic E-state index is 11.0. The zero-order valence-electron chi connectivity index (χ0n) is 8.21. The van der Waals surface area contributed by atoms with E-state index >= 15 is 0 Å². The summed E-state index contributed by atoms with van der Waals surface area (Å²) in [5.41, 5.74) is 3.40. The number of allylic oxidation sites excluding steroid dienone is 1. The van der Waals surface area contributed by atoms with Crippen molar-refractivity contribution in [2.75, 3.05) is 5.32 Å². The molecule has 0 unspecified atom stereocenters. The van der Waals surface area contributed by atoms with E-state index in [1.807, 2.05) is 12.1 Å². The monoisotopic (exact) mass is 187 g/mol. The fourth-order valence-corrected chi connectivity index (χ4v) is 1.77. The van der Waals surface area contributed by atoms with Crippen LogP contribution < -0.4 is 5.32 Å². The van der Waals surface area contributed by atoms with Gasteiger partial charge in [0.25, 0.3) is 0 Å². The van der Waals surface area contributed by atoms with Crippen LogP contribution in [0.15, 0.2) is 24.3 Å². The van der Waals surface area contributed by atoms with E-state index in [9.17, 15) is 4.79 Å². The summed E-state index contributed by atoms with van der Waals surface area (Å²) >= 11 is 0. The normalized spacial score (nSPS) is 13.5. The zero-order chi connectivity index (χ0) is 9.97. The van der Waals surface area contributed by atoms with E-state index in [0.29, 0.717) is 0 Å². The van der Waals surface area contributed by atoms with Crippen LogP contribution in [0.3, 0.4) is 0 Å². The van der Waals surface area contributed by atoms with Crippen molar-refractivity contribution in [1.29, 1.82) is 0 Å². The summed E-state index contributed by atoms with van der Waals surface area (Å²) in [6.45, 7) is 1.53. The second-order valence-electron chi connectivity index (χ2n) is 3.50. The second kappa shape index (κ2) is 3.66. The van der Waals surface area contributed by atoms with Crippen LogP contribution in [-0.4, -0.2) is 5.91 Å². The Morgan fingerprint density at radius 1 is 1.43 bits per heavy atom. The smallest absolute Gasteiger partial charge is 0.221 e. The van der Waals surface area contributed by atoms with Crippen molar-refractivity contribution in [3.63, 3.8) is 0 Å². The van der Waals surface area contributed by atoms with Crippen molar-refractivity contribution in [3.8, 4) is 0 Å². The summed E-state index contributed by atoms with van der Waals surface area (Å²) in [5.74, 6) is -0.0163. The Morgan fingerprint density at radius 3 is 3.07 bits per heavy atom. The first-order valence-electron chi connectivity index (χ1n) is 4.83. The lowest BCUT2D eigenvalue weighted by Crippen LogP contribution is -2.08. The standard InChI is InChI=1S/C12H13NO/c1-9(14)13-12-8-4-6-10-5-2-3-7-11(10)12/h3-4,6-8H,2,5H2,1H3,(H,13,14). The Labute approximate surface area is 83.6 Å². The van der Waals surface area contributed by atoms with Gasteiger partial charge >= 0.3 is 0 Å². The molecule has 0 heterocycles. The summed E-state index contributed by atoms with van der Waals surface area (Å²) < 4.78 is 0. The Balaban J connectivity index is 2.42. The molecule has 14 heavy (non-hydrogen) atoms. The van der Waals surface area contributed by atoms with Crippen LogP contribution in [0.5, 0.6) is 0 Å². The van der Waals surface area contributed by atoms with Gasteiger partial charge in [0.15, 0.2) is 0 Å². The number of carbonyl (C=O) groups is 1. The molecule has 0 fully saturated rings. The molecule has 0 radical (unpaired) electrons. The molecular weight excluding hydrogens is 174 g/mol. The van der Waals surface area contributed by atoms with E-state index in [1.165, 1.54) is 12.5 Å². The van der Waals surface area contributed by atoms with Gasteiger partial charge in [-0.05, 0) is 24.5 Å². The first-order chi connectivity index (χ1) is 6.77. The van der Waals surface area contributed by atoms with E-state index in [1.54, 1.807) is 0 Å². The number of carbonyl (C=O) groups excluding carboxylic acids is 1. The lowest BCUT2D eigenvalue weighted by Gasteiger charge is -2.14. The molecule has 1 aromatic carbocycles. The minimum atomic E-state index is -0.0163. The molecule has 72 valence electrons. The minimum Gasteiger partial charge on any atom is -0.326 e. The number of anilines is 1. The van der Waals surface area contributed by atoms with Gasteiger partial charge in [0.2, 0.25) is 5.91 Å². The molecule has 1 aliphatic rings. The summed E-state index contributed by atoms with van der Waals surface area (Å²) in [6, 6.07) is 6.04. The van der Waals surface area contributed by atoms with E-state index < -0.39 is 0 Å². The molecule has 0 saturated heterocycles. The molecule has 1 N–H and O–H groups in total. The summed E-state index contributed by atoms with van der Waals surface area (Å²) in [5, 5.41) is 2.84. The van der Waals surface area contributed by atoms with E-state index in [-0.39, 0.29) is 5.91 Å². The van der Waals surface area contributed by atoms with Crippen molar-refractivity contribution < 1.29 is 4.79 Å². The maximum absolute atomic E-state index is 11.0. The third kappa shape index (κ3) is 1.69. The van der Waals surface area contributed by atoms with Crippen molar-refractivity contribution in [2.24, 2.45) is 0 Å². The molecule has 0 atom stereocenters. The Hall–Kier alpha value is -1.57. The molecule has 0 aromatic heterocycles. The van der Waals surface area contributed by atoms with Crippen LogP contribution in [0, 0.1) is 0 Å². The number of aryl methyl sites for hydroxylation is 1. The molecule has 0 bridgehead atoms. The van der Waals surface area contributed by atoms with Gasteiger partial charge in [-0.3, -0.25) is 4.79 Å². The predicted octanol–water partition coefficient (Wildman–Crippen LogP) is 2.60. The van der Waals surface area contributed by atoms with Crippen LogP contribution >= 0.6 is 0 Å². The summed E-state index contributed by atoms with van der Waals surface area (Å²) in [6.07, 6.45) is 6.40. The highest BCUT2D eigenvalue weighted by Crippen LogP contribution is 2.26. The van der Waals surface area contributed by atoms with Crippen LogP contribution in [0.25, 0.3) is 6.08 Å². The van der Waals surface area contributed by atoms with E-state index in [2.05, 4.69) is 23.5 Å². The molecule has 1 aromatic rings. The Bertz CT molecular complexity index is 393. The van der Waals surface area contributed by atoms with Crippen molar-refractivity contribution in [3.05, 3.63) is 35.4 Å². The highest BCUT2D eigenvalue weighted by atomic mass is 16.1. The number of hydrogen-bond acceptors (Lipinski definition) is 1.